The van der Waals surface area contributed by atoms with Gasteiger partial charge in [-0.25, -0.2) is 9.97 Å². The zero-order valence-corrected chi connectivity index (χ0v) is 24.5. The molecule has 3 heterocycles. The van der Waals surface area contributed by atoms with E-state index < -0.39 is 0 Å². The van der Waals surface area contributed by atoms with Crippen molar-refractivity contribution in [2.75, 3.05) is 37.4 Å². The first kappa shape index (κ1) is 26.6. The fourth-order valence-electron chi connectivity index (χ4n) is 4.55. The Morgan fingerprint density at radius 1 is 1.11 bits per heavy atom. The Balaban J connectivity index is 1.23. The van der Waals surface area contributed by atoms with E-state index in [2.05, 4.69) is 92.4 Å². The Kier molecular flexibility index (Phi) is 8.55. The van der Waals surface area contributed by atoms with E-state index >= 15 is 0 Å². The normalized spacial score (nSPS) is 15.2. The molecular weight excluding hydrogens is 607 g/mol. The Morgan fingerprint density at radius 3 is 2.76 bits per heavy atom. The van der Waals surface area contributed by atoms with E-state index in [0.717, 1.165) is 39.3 Å². The van der Waals surface area contributed by atoms with Gasteiger partial charge in [-0.2, -0.15) is 0 Å². The summed E-state index contributed by atoms with van der Waals surface area (Å²) in [6, 6.07) is 22.9. The molecule has 0 radical (unpaired) electrons. The van der Waals surface area contributed by atoms with E-state index in [-0.39, 0.29) is 5.91 Å². The number of carbonyl (C=O) groups is 1. The molecule has 2 N–H and O–H groups in total. The highest BCUT2D eigenvalue weighted by Crippen LogP contribution is 2.29. The van der Waals surface area contributed by atoms with E-state index in [0.29, 0.717) is 23.4 Å². The van der Waals surface area contributed by atoms with Gasteiger partial charge < -0.3 is 20.4 Å². The average Bonchev–Trinajstić information content (AvgIpc) is 3.63. The Bertz CT molecular complexity index is 1410. The molecule has 2 aromatic heterocycles. The van der Waals surface area contributed by atoms with Gasteiger partial charge in [0, 0.05) is 47.7 Å². The number of amides is 1. The third-order valence-electron chi connectivity index (χ3n) is 6.70. The van der Waals surface area contributed by atoms with E-state index in [1.165, 1.54) is 29.0 Å². The second-order valence-corrected chi connectivity index (χ2v) is 11.4. The van der Waals surface area contributed by atoms with Crippen molar-refractivity contribution in [2.24, 2.45) is 0 Å². The molecule has 0 saturated carbocycles. The number of halogens is 1. The molecule has 0 bridgehead atoms. The number of nitrogens with zero attached hydrogens (tertiary/aromatic N) is 4. The third kappa shape index (κ3) is 6.51. The lowest BCUT2D eigenvalue weighted by atomic mass is 10.1. The van der Waals surface area contributed by atoms with Crippen LogP contribution in [0.3, 0.4) is 0 Å². The fourth-order valence-corrected chi connectivity index (χ4v) is 5.92. The van der Waals surface area contributed by atoms with Gasteiger partial charge in [0.25, 0.3) is 5.91 Å². The van der Waals surface area contributed by atoms with Gasteiger partial charge in [0.05, 0.1) is 15.4 Å². The zero-order valence-electron chi connectivity index (χ0n) is 21.5. The SMILES string of the molecule is CN(C)C1CCN(c2cccc(Nc3nccc(-c4ccc(C(=O)NCc5cccc(CI)c5)s4)n3)c2)C1. The quantitative estimate of drug-likeness (QED) is 0.174. The summed E-state index contributed by atoms with van der Waals surface area (Å²) in [7, 11) is 4.29. The largest absolute Gasteiger partial charge is 0.370 e. The molecule has 1 amide bonds. The van der Waals surface area contributed by atoms with Gasteiger partial charge in [-0.3, -0.25) is 4.79 Å². The molecule has 1 atom stereocenters. The lowest BCUT2D eigenvalue weighted by molar-refractivity contribution is 0.0955. The summed E-state index contributed by atoms with van der Waals surface area (Å²) < 4.78 is 0.949. The maximum Gasteiger partial charge on any atom is 0.261 e. The van der Waals surface area contributed by atoms with E-state index in [1.807, 2.05) is 36.4 Å². The third-order valence-corrected chi connectivity index (χ3v) is 8.69. The minimum absolute atomic E-state index is 0.0798. The van der Waals surface area contributed by atoms with Gasteiger partial charge in [-0.05, 0) is 68.0 Å². The number of anilines is 3. The van der Waals surface area contributed by atoms with Crippen LogP contribution in [-0.4, -0.2) is 54.0 Å². The number of aromatic nitrogens is 2. The first-order chi connectivity index (χ1) is 18.5. The number of nitrogens with one attached hydrogen (secondary N) is 2. The van der Waals surface area contributed by atoms with Crippen molar-refractivity contribution in [3.63, 3.8) is 0 Å². The molecular formula is C29H31IN6OS. The molecule has 0 spiro atoms. The number of likely N-dealkylation sites (N-methyl/N-ethyl adjacent to an activating group) is 1. The first-order valence-electron chi connectivity index (χ1n) is 12.6. The number of thiophene rings is 1. The minimum atomic E-state index is -0.0798. The molecule has 1 unspecified atom stereocenters. The number of carbonyl (C=O) groups excluding carboxylic acids is 1. The molecule has 196 valence electrons. The van der Waals surface area contributed by atoms with Gasteiger partial charge in [-0.15, -0.1) is 11.3 Å². The average molecular weight is 639 g/mol. The van der Waals surface area contributed by atoms with Crippen LogP contribution in [-0.2, 0) is 11.0 Å². The van der Waals surface area contributed by atoms with E-state index in [4.69, 9.17) is 4.98 Å². The number of hydrogen-bond donors (Lipinski definition) is 2. The van der Waals surface area contributed by atoms with Crippen LogP contribution in [0.4, 0.5) is 17.3 Å². The summed E-state index contributed by atoms with van der Waals surface area (Å²) in [4.78, 5) is 28.2. The second-order valence-electron chi connectivity index (χ2n) is 9.59. The molecule has 0 aliphatic carbocycles. The van der Waals surface area contributed by atoms with Crippen molar-refractivity contribution in [1.82, 2.24) is 20.2 Å². The van der Waals surface area contributed by atoms with E-state index in [9.17, 15) is 4.79 Å². The highest BCUT2D eigenvalue weighted by molar-refractivity contribution is 14.1. The predicted molar refractivity (Wildman–Crippen MR) is 165 cm³/mol. The standard InChI is InChI=1S/C29H31IN6OS/c1-35(2)24-12-14-36(19-24)23-8-4-7-22(16-23)33-29-31-13-11-25(34-29)26-9-10-27(38-26)28(37)32-18-21-6-3-5-20(15-21)17-30/h3-11,13,15-16,24H,12,14,17-19H2,1-2H3,(H,32,37)(H,31,33,34). The lowest BCUT2D eigenvalue weighted by Crippen LogP contribution is -2.31. The summed E-state index contributed by atoms with van der Waals surface area (Å²) in [5, 5.41) is 6.38. The van der Waals surface area contributed by atoms with Crippen LogP contribution in [0.15, 0.2) is 72.9 Å². The van der Waals surface area contributed by atoms with Crippen molar-refractivity contribution in [2.45, 2.75) is 23.4 Å². The molecule has 1 fully saturated rings. The van der Waals surface area contributed by atoms with Crippen LogP contribution in [0.25, 0.3) is 10.6 Å². The van der Waals surface area contributed by atoms with Crippen LogP contribution >= 0.6 is 33.9 Å². The maximum absolute atomic E-state index is 12.8. The number of rotatable bonds is 9. The highest BCUT2D eigenvalue weighted by Gasteiger charge is 2.24. The minimum Gasteiger partial charge on any atom is -0.370 e. The van der Waals surface area contributed by atoms with Gasteiger partial charge in [0.2, 0.25) is 5.95 Å². The van der Waals surface area contributed by atoms with Gasteiger partial charge in [0.15, 0.2) is 0 Å². The van der Waals surface area contributed by atoms with Gasteiger partial charge in [-0.1, -0.05) is 52.9 Å². The Labute approximate surface area is 241 Å². The predicted octanol–water partition coefficient (Wildman–Crippen LogP) is 5.95. The number of benzene rings is 2. The summed E-state index contributed by atoms with van der Waals surface area (Å²) >= 11 is 3.78. The lowest BCUT2D eigenvalue weighted by Gasteiger charge is -2.22. The van der Waals surface area contributed by atoms with Gasteiger partial charge in [0.1, 0.15) is 0 Å². The Morgan fingerprint density at radius 2 is 1.95 bits per heavy atom. The Hall–Kier alpha value is -3.02. The zero-order chi connectivity index (χ0) is 26.5. The fraction of sp³-hybridized carbons (Fsp3) is 0.276. The molecule has 1 aliphatic rings. The van der Waals surface area contributed by atoms with Crippen molar-refractivity contribution in [1.29, 1.82) is 0 Å². The number of alkyl halides is 1. The van der Waals surface area contributed by atoms with Crippen LogP contribution in [0.1, 0.15) is 27.2 Å². The van der Waals surface area contributed by atoms with Crippen molar-refractivity contribution in [3.8, 4) is 10.6 Å². The van der Waals surface area contributed by atoms with Crippen molar-refractivity contribution >= 4 is 57.2 Å². The summed E-state index contributed by atoms with van der Waals surface area (Å²) in [5.41, 5.74) is 5.29. The number of hydrogen-bond acceptors (Lipinski definition) is 7. The molecule has 9 heteroatoms. The molecule has 7 nitrogen and oxygen atoms in total. The van der Waals surface area contributed by atoms with Crippen LogP contribution in [0.2, 0.25) is 0 Å². The smallest absolute Gasteiger partial charge is 0.261 e. The van der Waals surface area contributed by atoms with E-state index in [1.54, 1.807) is 6.20 Å². The topological polar surface area (TPSA) is 73.4 Å². The monoisotopic (exact) mass is 638 g/mol. The van der Waals surface area contributed by atoms with Gasteiger partial charge >= 0.3 is 0 Å². The molecule has 4 aromatic rings. The summed E-state index contributed by atoms with van der Waals surface area (Å²) in [6.45, 7) is 2.59. The van der Waals surface area contributed by atoms with Crippen LogP contribution in [0, 0.1) is 0 Å². The maximum atomic E-state index is 12.8. The molecule has 5 rings (SSSR count). The first-order valence-corrected chi connectivity index (χ1v) is 15.0. The highest BCUT2D eigenvalue weighted by atomic mass is 127. The molecule has 1 aliphatic heterocycles. The summed E-state index contributed by atoms with van der Waals surface area (Å²) in [5.74, 6) is 0.450. The molecule has 2 aromatic carbocycles. The van der Waals surface area contributed by atoms with Crippen molar-refractivity contribution < 1.29 is 4.79 Å². The summed E-state index contributed by atoms with van der Waals surface area (Å²) in [6.07, 6.45) is 2.92. The van der Waals surface area contributed by atoms with Crippen molar-refractivity contribution in [3.05, 3.63) is 88.9 Å². The van der Waals surface area contributed by atoms with Crippen LogP contribution in [0.5, 0.6) is 0 Å². The second kappa shape index (κ2) is 12.2. The molecule has 1 saturated heterocycles. The van der Waals surface area contributed by atoms with Crippen LogP contribution < -0.4 is 15.5 Å². The molecule has 38 heavy (non-hydrogen) atoms.